The fourth-order valence-corrected chi connectivity index (χ4v) is 4.85. The van der Waals surface area contributed by atoms with Crippen molar-refractivity contribution in [2.45, 2.75) is 38.8 Å². The topological polar surface area (TPSA) is 44.4 Å². The average molecular weight is 436 g/mol. The van der Waals surface area contributed by atoms with Crippen LogP contribution in [0.2, 0.25) is 0 Å². The van der Waals surface area contributed by atoms with Crippen molar-refractivity contribution in [1.82, 2.24) is 15.5 Å². The monoisotopic (exact) mass is 435 g/mol. The van der Waals surface area contributed by atoms with Crippen LogP contribution in [0.1, 0.15) is 34.2 Å². The molecule has 0 saturated carbocycles. The van der Waals surface area contributed by atoms with Crippen molar-refractivity contribution in [3.8, 4) is 0 Å². The van der Waals surface area contributed by atoms with Gasteiger partial charge in [0.25, 0.3) is 0 Å². The molecule has 6 heteroatoms. The number of rotatable bonds is 4. The molecule has 1 aliphatic carbocycles. The van der Waals surface area contributed by atoms with Gasteiger partial charge >= 0.3 is 0 Å². The van der Waals surface area contributed by atoms with Crippen molar-refractivity contribution in [3.05, 3.63) is 70.3 Å². The minimum Gasteiger partial charge on any atom is -0.350 e. The van der Waals surface area contributed by atoms with Crippen LogP contribution in [0.5, 0.6) is 0 Å². The lowest BCUT2D eigenvalue weighted by Gasteiger charge is -2.43. The Balaban J connectivity index is 0.00000150. The molecule has 0 spiro atoms. The molecule has 2 aliphatic rings. The van der Waals surface area contributed by atoms with E-state index in [1.165, 1.54) is 27.8 Å². The fraction of sp³-hybridized carbons (Fsp3) is 0.435. The Kier molecular flexibility index (Phi) is 8.12. The number of carbonyl (C=O) groups is 1. The van der Waals surface area contributed by atoms with Crippen molar-refractivity contribution < 1.29 is 4.79 Å². The molecule has 2 aromatic rings. The van der Waals surface area contributed by atoms with Crippen molar-refractivity contribution in [1.29, 1.82) is 0 Å². The van der Waals surface area contributed by atoms with Gasteiger partial charge in [0.15, 0.2) is 0 Å². The summed E-state index contributed by atoms with van der Waals surface area (Å²) in [6.45, 7) is 8.48. The largest absolute Gasteiger partial charge is 0.350 e. The minimum absolute atomic E-state index is 0. The Bertz CT molecular complexity index is 832. The van der Waals surface area contributed by atoms with E-state index < -0.39 is 5.54 Å². The van der Waals surface area contributed by atoms with E-state index in [0.29, 0.717) is 6.54 Å². The van der Waals surface area contributed by atoms with Gasteiger partial charge in [0.05, 0.1) is 0 Å². The number of carbonyl (C=O) groups excluding carboxylic acids is 1. The predicted molar refractivity (Wildman–Crippen MR) is 123 cm³/mol. The zero-order valence-electron chi connectivity index (χ0n) is 17.2. The lowest BCUT2D eigenvalue weighted by molar-refractivity contribution is -0.135. The molecule has 1 saturated heterocycles. The molecule has 4 rings (SSSR count). The number of amides is 1. The van der Waals surface area contributed by atoms with Gasteiger partial charge in [-0.2, -0.15) is 0 Å². The summed E-state index contributed by atoms with van der Waals surface area (Å²) in [5.74, 6) is 0.147. The summed E-state index contributed by atoms with van der Waals surface area (Å²) in [5.41, 5.74) is 5.63. The van der Waals surface area contributed by atoms with Crippen LogP contribution in [0.3, 0.4) is 0 Å². The number of piperazine rings is 1. The third-order valence-corrected chi connectivity index (χ3v) is 5.99. The molecule has 1 amide bonds. The molecule has 0 unspecified atom stereocenters. The summed E-state index contributed by atoms with van der Waals surface area (Å²) in [6, 6.07) is 15.0. The maximum Gasteiger partial charge on any atom is 0.245 e. The molecule has 0 radical (unpaired) electrons. The molecule has 29 heavy (non-hydrogen) atoms. The number of nitrogens with zero attached hydrogens (tertiary/aromatic N) is 1. The fourth-order valence-electron chi connectivity index (χ4n) is 4.85. The van der Waals surface area contributed by atoms with Crippen molar-refractivity contribution in [2.75, 3.05) is 26.2 Å². The van der Waals surface area contributed by atoms with E-state index in [-0.39, 0.29) is 30.7 Å². The lowest BCUT2D eigenvalue weighted by Crippen LogP contribution is -2.60. The highest BCUT2D eigenvalue weighted by Gasteiger charge is 2.49. The zero-order chi connectivity index (χ0) is 18.9. The second-order valence-corrected chi connectivity index (χ2v) is 7.93. The van der Waals surface area contributed by atoms with Crippen LogP contribution >= 0.6 is 24.8 Å². The zero-order valence-corrected chi connectivity index (χ0v) is 18.8. The molecule has 1 aliphatic heterocycles. The molecule has 4 nitrogen and oxygen atoms in total. The van der Waals surface area contributed by atoms with Gasteiger partial charge in [-0.15, -0.1) is 24.8 Å². The number of hydrogen-bond acceptors (Lipinski definition) is 3. The molecule has 1 fully saturated rings. The number of nitrogens with one attached hydrogen (secondary N) is 2. The molecular weight excluding hydrogens is 405 g/mol. The van der Waals surface area contributed by atoms with Crippen LogP contribution in [-0.2, 0) is 23.3 Å². The Hall–Kier alpha value is -1.59. The minimum atomic E-state index is -0.530. The molecule has 0 bridgehead atoms. The van der Waals surface area contributed by atoms with Crippen LogP contribution in [0.15, 0.2) is 42.5 Å². The number of hydrogen-bond donors (Lipinski definition) is 2. The summed E-state index contributed by atoms with van der Waals surface area (Å²) in [6.07, 6.45) is 1.84. The third kappa shape index (κ3) is 4.61. The molecule has 158 valence electrons. The van der Waals surface area contributed by atoms with Gasteiger partial charge in [0.2, 0.25) is 5.91 Å². The van der Waals surface area contributed by atoms with Gasteiger partial charge in [-0.05, 0) is 43.4 Å². The maximum absolute atomic E-state index is 13.6. The van der Waals surface area contributed by atoms with Crippen LogP contribution in [0.25, 0.3) is 0 Å². The molecule has 2 aromatic carbocycles. The van der Waals surface area contributed by atoms with Crippen molar-refractivity contribution in [2.24, 2.45) is 0 Å². The number of halogens is 2. The van der Waals surface area contributed by atoms with Crippen molar-refractivity contribution >= 4 is 30.7 Å². The van der Waals surface area contributed by atoms with Gasteiger partial charge < -0.3 is 10.6 Å². The Morgan fingerprint density at radius 2 is 1.72 bits per heavy atom. The van der Waals surface area contributed by atoms with Crippen molar-refractivity contribution in [3.63, 3.8) is 0 Å². The number of aryl methyl sites for hydroxylation is 3. The van der Waals surface area contributed by atoms with Crippen LogP contribution < -0.4 is 10.6 Å². The van der Waals surface area contributed by atoms with Crippen LogP contribution in [0.4, 0.5) is 0 Å². The van der Waals surface area contributed by atoms with Crippen LogP contribution in [0, 0.1) is 13.8 Å². The van der Waals surface area contributed by atoms with E-state index in [1.807, 2.05) is 0 Å². The molecular formula is C23H31Cl2N3O. The van der Waals surface area contributed by atoms with E-state index in [9.17, 15) is 4.79 Å². The first-order valence-electron chi connectivity index (χ1n) is 9.99. The molecule has 2 N–H and O–H groups in total. The quantitative estimate of drug-likeness (QED) is 0.771. The summed E-state index contributed by atoms with van der Waals surface area (Å²) in [4.78, 5) is 16.0. The van der Waals surface area contributed by atoms with E-state index in [4.69, 9.17) is 0 Å². The standard InChI is InChI=1S/C23H29N3O.2ClH/c1-17-13-18(2)15-19(14-17)16-25-22(27)23(26-11-9-24-10-12-26)8-7-20-5-3-4-6-21(20)23;;/h3-6,13-15,24H,7-12,16H2,1-2H3,(H,25,27);2*1H/t23-;;/m1../s1. The SMILES string of the molecule is Cc1cc(C)cc(CNC(=O)[C@@]2(N3CCNCC3)CCc3ccccc32)c1.Cl.Cl. The normalized spacial score (nSPS) is 20.9. The maximum atomic E-state index is 13.6. The molecule has 0 aromatic heterocycles. The third-order valence-electron chi connectivity index (χ3n) is 5.99. The predicted octanol–water partition coefficient (Wildman–Crippen LogP) is 3.51. The van der Waals surface area contributed by atoms with Crippen LogP contribution in [-0.4, -0.2) is 37.0 Å². The second kappa shape index (κ2) is 9.94. The first-order chi connectivity index (χ1) is 13.1. The summed E-state index contributed by atoms with van der Waals surface area (Å²) >= 11 is 0. The Morgan fingerprint density at radius 3 is 2.41 bits per heavy atom. The second-order valence-electron chi connectivity index (χ2n) is 7.93. The Morgan fingerprint density at radius 1 is 1.07 bits per heavy atom. The van der Waals surface area contributed by atoms with Gasteiger partial charge in [-0.25, -0.2) is 0 Å². The summed E-state index contributed by atoms with van der Waals surface area (Å²) in [5, 5.41) is 6.69. The van der Waals surface area contributed by atoms with Gasteiger partial charge in [-0.3, -0.25) is 9.69 Å². The molecule has 1 heterocycles. The van der Waals surface area contributed by atoms with E-state index >= 15 is 0 Å². The Labute approximate surface area is 186 Å². The highest BCUT2D eigenvalue weighted by molar-refractivity contribution is 5.89. The van der Waals surface area contributed by atoms with E-state index in [2.05, 4.69) is 71.8 Å². The first kappa shape index (κ1) is 23.7. The number of benzene rings is 2. The summed E-state index contributed by atoms with van der Waals surface area (Å²) < 4.78 is 0. The van der Waals surface area contributed by atoms with Gasteiger partial charge in [-0.1, -0.05) is 53.6 Å². The van der Waals surface area contributed by atoms with Gasteiger partial charge in [0.1, 0.15) is 5.54 Å². The molecule has 1 atom stereocenters. The first-order valence-corrected chi connectivity index (χ1v) is 9.99. The van der Waals surface area contributed by atoms with E-state index in [0.717, 1.165) is 39.0 Å². The highest BCUT2D eigenvalue weighted by atomic mass is 35.5. The lowest BCUT2D eigenvalue weighted by atomic mass is 9.87. The van der Waals surface area contributed by atoms with E-state index in [1.54, 1.807) is 0 Å². The summed E-state index contributed by atoms with van der Waals surface area (Å²) in [7, 11) is 0. The van der Waals surface area contributed by atoms with Gasteiger partial charge in [0, 0.05) is 32.7 Å². The average Bonchev–Trinajstić information content (AvgIpc) is 3.07. The smallest absolute Gasteiger partial charge is 0.245 e. The highest BCUT2D eigenvalue weighted by Crippen LogP contribution is 2.42. The number of fused-ring (bicyclic) bond motifs is 1.